The van der Waals surface area contributed by atoms with Crippen molar-refractivity contribution in [3.8, 4) is 0 Å². The highest BCUT2D eigenvalue weighted by molar-refractivity contribution is 5.65. The maximum Gasteiger partial charge on any atom is 0.299 e. The van der Waals surface area contributed by atoms with Crippen molar-refractivity contribution < 1.29 is 28.8 Å². The zero-order valence-corrected chi connectivity index (χ0v) is 18.8. The topological polar surface area (TPSA) is 135 Å². The molecule has 32 heavy (non-hydrogen) atoms. The Morgan fingerprint density at radius 3 is 1.88 bits per heavy atom. The van der Waals surface area contributed by atoms with Crippen LogP contribution >= 0.6 is 0 Å². The summed E-state index contributed by atoms with van der Waals surface area (Å²) in [6, 6.07) is 3.46. The summed E-state index contributed by atoms with van der Waals surface area (Å²) < 4.78 is 21.7. The highest BCUT2D eigenvalue weighted by Gasteiger charge is 2.18. The van der Waals surface area contributed by atoms with E-state index >= 15 is 0 Å². The predicted octanol–water partition coefficient (Wildman–Crippen LogP) is 3.95. The number of unbranched alkanes of at least 4 members (excludes halogenated alkanes) is 4. The molecule has 0 aliphatic carbocycles. The van der Waals surface area contributed by atoms with Gasteiger partial charge in [0.15, 0.2) is 0 Å². The van der Waals surface area contributed by atoms with Crippen molar-refractivity contribution in [1.82, 2.24) is 0 Å². The van der Waals surface area contributed by atoms with Crippen LogP contribution in [0.4, 0.5) is 17.1 Å². The fourth-order valence-corrected chi connectivity index (χ4v) is 2.76. The molecule has 0 radical (unpaired) electrons. The number of nitro groups is 2. The van der Waals surface area contributed by atoms with Crippen molar-refractivity contribution in [2.75, 3.05) is 64.7 Å². The lowest BCUT2D eigenvalue weighted by Crippen LogP contribution is -2.15. The zero-order valence-electron chi connectivity index (χ0n) is 18.8. The molecule has 0 saturated heterocycles. The molecule has 0 saturated carbocycles. The lowest BCUT2D eigenvalue weighted by Gasteiger charge is -2.09. The van der Waals surface area contributed by atoms with Gasteiger partial charge in [-0.1, -0.05) is 32.6 Å². The summed E-state index contributed by atoms with van der Waals surface area (Å²) in [7, 11) is 0. The van der Waals surface area contributed by atoms with Crippen LogP contribution in [0.25, 0.3) is 0 Å². The summed E-state index contributed by atoms with van der Waals surface area (Å²) in [5, 5.41) is 24.7. The predicted molar refractivity (Wildman–Crippen MR) is 120 cm³/mol. The van der Waals surface area contributed by atoms with E-state index in [9.17, 15) is 20.2 Å². The second kappa shape index (κ2) is 18.3. The normalized spacial score (nSPS) is 10.9. The van der Waals surface area contributed by atoms with Crippen LogP contribution in [0.3, 0.4) is 0 Å². The number of hydrogen-bond acceptors (Lipinski definition) is 9. The summed E-state index contributed by atoms with van der Waals surface area (Å²) >= 11 is 0. The first kappa shape index (κ1) is 27.7. The molecule has 0 bridgehead atoms. The minimum atomic E-state index is -0.671. The average molecular weight is 458 g/mol. The summed E-state index contributed by atoms with van der Waals surface area (Å²) in [6.07, 6.45) is 6.13. The first-order valence-corrected chi connectivity index (χ1v) is 11.0. The summed E-state index contributed by atoms with van der Waals surface area (Å²) in [5.74, 6) is 0. The minimum Gasteiger partial charge on any atom is -0.379 e. The van der Waals surface area contributed by atoms with Gasteiger partial charge in [-0.25, -0.2) is 0 Å². The van der Waals surface area contributed by atoms with Crippen molar-refractivity contribution >= 4 is 17.1 Å². The fraction of sp³-hybridized carbons (Fsp3) is 0.714. The van der Waals surface area contributed by atoms with Crippen molar-refractivity contribution in [2.45, 2.75) is 39.0 Å². The molecule has 1 N–H and O–H groups in total. The number of nitrogens with one attached hydrogen (secondary N) is 1. The second-order valence-corrected chi connectivity index (χ2v) is 7.01. The minimum absolute atomic E-state index is 0.207. The van der Waals surface area contributed by atoms with E-state index in [1.165, 1.54) is 37.8 Å². The van der Waals surface area contributed by atoms with Crippen molar-refractivity contribution in [3.05, 3.63) is 38.4 Å². The van der Waals surface area contributed by atoms with Gasteiger partial charge in [0.05, 0.1) is 62.2 Å². The third-order valence-corrected chi connectivity index (χ3v) is 4.46. The van der Waals surface area contributed by atoms with Gasteiger partial charge in [-0.15, -0.1) is 0 Å². The third kappa shape index (κ3) is 13.2. The van der Waals surface area contributed by atoms with Gasteiger partial charge in [0.1, 0.15) is 5.69 Å². The first-order valence-electron chi connectivity index (χ1n) is 11.0. The van der Waals surface area contributed by atoms with Crippen LogP contribution in [0.5, 0.6) is 0 Å². The lowest BCUT2D eigenvalue weighted by molar-refractivity contribution is -0.393. The van der Waals surface area contributed by atoms with Crippen LogP contribution in [0.2, 0.25) is 0 Å². The molecule has 182 valence electrons. The molecule has 1 rings (SSSR count). The van der Waals surface area contributed by atoms with Crippen LogP contribution in [-0.2, 0) is 18.9 Å². The van der Waals surface area contributed by atoms with Gasteiger partial charge in [-0.2, -0.15) is 0 Å². The Hall–Kier alpha value is -2.34. The monoisotopic (exact) mass is 457 g/mol. The Labute approximate surface area is 188 Å². The standard InChI is InChI=1S/C21H35N3O8/c1-2-3-4-5-6-10-29-12-14-31-16-17-32-15-13-30-11-9-22-20-8-7-19(23(25)26)18-21(20)24(27)28/h7-8,18,22H,2-6,9-17H2,1H3. The largest absolute Gasteiger partial charge is 0.379 e. The third-order valence-electron chi connectivity index (χ3n) is 4.46. The Morgan fingerprint density at radius 1 is 0.750 bits per heavy atom. The van der Waals surface area contributed by atoms with Gasteiger partial charge in [0.2, 0.25) is 0 Å². The number of hydrogen-bond donors (Lipinski definition) is 1. The summed E-state index contributed by atoms with van der Waals surface area (Å²) in [5.41, 5.74) is -0.470. The van der Waals surface area contributed by atoms with E-state index in [0.717, 1.165) is 19.1 Å². The van der Waals surface area contributed by atoms with E-state index in [-0.39, 0.29) is 17.1 Å². The molecule has 0 amide bonds. The molecular formula is C21H35N3O8. The molecule has 0 unspecified atom stereocenters. The van der Waals surface area contributed by atoms with E-state index in [1.54, 1.807) is 0 Å². The van der Waals surface area contributed by atoms with Crippen molar-refractivity contribution in [1.29, 1.82) is 0 Å². The molecule has 0 aliphatic rings. The molecule has 11 heteroatoms. The van der Waals surface area contributed by atoms with Crippen LogP contribution in [-0.4, -0.2) is 69.2 Å². The number of anilines is 1. The number of rotatable bonds is 21. The molecule has 0 aromatic heterocycles. The summed E-state index contributed by atoms with van der Waals surface area (Å²) in [6.45, 7) is 6.51. The smallest absolute Gasteiger partial charge is 0.299 e. The zero-order chi connectivity index (χ0) is 23.4. The van der Waals surface area contributed by atoms with Crippen molar-refractivity contribution in [2.24, 2.45) is 0 Å². The van der Waals surface area contributed by atoms with Gasteiger partial charge >= 0.3 is 0 Å². The molecule has 11 nitrogen and oxygen atoms in total. The van der Waals surface area contributed by atoms with Crippen LogP contribution in [0.15, 0.2) is 18.2 Å². The molecule has 0 aliphatic heterocycles. The van der Waals surface area contributed by atoms with Gasteiger partial charge in [-0.3, -0.25) is 20.2 Å². The van der Waals surface area contributed by atoms with Crippen LogP contribution in [0.1, 0.15) is 39.0 Å². The number of benzene rings is 1. The fourth-order valence-electron chi connectivity index (χ4n) is 2.76. The number of nitro benzene ring substituents is 2. The maximum absolute atomic E-state index is 11.1. The SMILES string of the molecule is CCCCCCCOCCOCCOCCOCCNc1ccc([N+](=O)[O-])cc1[N+](=O)[O-]. The maximum atomic E-state index is 11.1. The van der Waals surface area contributed by atoms with E-state index < -0.39 is 9.85 Å². The molecule has 0 atom stereocenters. The highest BCUT2D eigenvalue weighted by Crippen LogP contribution is 2.28. The number of nitrogens with zero attached hydrogens (tertiary/aromatic N) is 2. The molecule has 0 spiro atoms. The molecule has 1 aromatic carbocycles. The Bertz CT molecular complexity index is 660. The Balaban J connectivity index is 1.94. The van der Waals surface area contributed by atoms with E-state index in [2.05, 4.69) is 12.2 Å². The quantitative estimate of drug-likeness (QED) is 0.165. The van der Waals surface area contributed by atoms with Gasteiger partial charge in [0, 0.05) is 19.2 Å². The van der Waals surface area contributed by atoms with E-state index in [0.29, 0.717) is 52.8 Å². The highest BCUT2D eigenvalue weighted by atomic mass is 16.6. The van der Waals surface area contributed by atoms with Crippen LogP contribution in [0, 0.1) is 20.2 Å². The molecular weight excluding hydrogens is 422 g/mol. The first-order chi connectivity index (χ1) is 15.6. The van der Waals surface area contributed by atoms with Gasteiger partial charge < -0.3 is 24.3 Å². The van der Waals surface area contributed by atoms with Crippen LogP contribution < -0.4 is 5.32 Å². The average Bonchev–Trinajstić information content (AvgIpc) is 2.78. The van der Waals surface area contributed by atoms with Crippen molar-refractivity contribution in [3.63, 3.8) is 0 Å². The van der Waals surface area contributed by atoms with Gasteiger partial charge in [-0.05, 0) is 12.5 Å². The second-order valence-electron chi connectivity index (χ2n) is 7.01. The molecule has 0 heterocycles. The lowest BCUT2D eigenvalue weighted by atomic mass is 10.2. The Morgan fingerprint density at radius 2 is 1.31 bits per heavy atom. The van der Waals surface area contributed by atoms with E-state index in [4.69, 9.17) is 18.9 Å². The number of non-ortho nitro benzene ring substituents is 1. The molecule has 0 fully saturated rings. The Kier molecular flexibility index (Phi) is 15.8. The molecule has 1 aromatic rings. The van der Waals surface area contributed by atoms with E-state index in [1.807, 2.05) is 0 Å². The summed E-state index contributed by atoms with van der Waals surface area (Å²) in [4.78, 5) is 20.5. The van der Waals surface area contributed by atoms with Gasteiger partial charge in [0.25, 0.3) is 11.4 Å². The number of ether oxygens (including phenoxy) is 4.